The van der Waals surface area contributed by atoms with E-state index >= 15 is 0 Å². The van der Waals surface area contributed by atoms with E-state index in [9.17, 15) is 4.79 Å². The number of rotatable bonds is 6. The number of alkyl halides is 1. The Morgan fingerprint density at radius 1 is 0.708 bits per heavy atom. The van der Waals surface area contributed by atoms with Crippen molar-refractivity contribution in [1.82, 2.24) is 0 Å². The zero-order valence-corrected chi connectivity index (χ0v) is 14.1. The van der Waals surface area contributed by atoms with Crippen LogP contribution in [0.3, 0.4) is 0 Å². The fraction of sp³-hybridized carbons (Fsp3) is 0.136. The molecule has 120 valence electrons. The van der Waals surface area contributed by atoms with E-state index in [0.29, 0.717) is 6.42 Å². The Morgan fingerprint density at radius 3 is 1.58 bits per heavy atom. The van der Waals surface area contributed by atoms with Crippen molar-refractivity contribution in [2.75, 3.05) is 0 Å². The monoisotopic (exact) mass is 334 g/mol. The summed E-state index contributed by atoms with van der Waals surface area (Å²) in [5, 5.41) is -0.558. The summed E-state index contributed by atoms with van der Waals surface area (Å²) in [7, 11) is 0. The molecule has 0 saturated carbocycles. The van der Waals surface area contributed by atoms with Gasteiger partial charge in [0.25, 0.3) is 0 Å². The van der Waals surface area contributed by atoms with Crippen LogP contribution in [0.4, 0.5) is 0 Å². The first kappa shape index (κ1) is 16.5. The van der Waals surface area contributed by atoms with Crippen molar-refractivity contribution in [3.63, 3.8) is 0 Å². The summed E-state index contributed by atoms with van der Waals surface area (Å²) in [6.07, 6.45) is 0.539. The highest BCUT2D eigenvalue weighted by molar-refractivity contribution is 6.32. The summed E-state index contributed by atoms with van der Waals surface area (Å²) in [5.41, 5.74) is 3.03. The Bertz CT molecular complexity index is 729. The van der Waals surface area contributed by atoms with Gasteiger partial charge in [0.2, 0.25) is 0 Å². The normalized spacial score (nSPS) is 12.1. The molecule has 24 heavy (non-hydrogen) atoms. The van der Waals surface area contributed by atoms with Gasteiger partial charge in [0.1, 0.15) is 0 Å². The molecule has 0 aliphatic rings. The molecule has 0 aliphatic heterocycles. The molecule has 0 saturated heterocycles. The van der Waals surface area contributed by atoms with Gasteiger partial charge in [0, 0.05) is 0 Å². The second-order valence-electron chi connectivity index (χ2n) is 5.81. The van der Waals surface area contributed by atoms with Crippen LogP contribution in [0.15, 0.2) is 91.0 Å². The molecule has 2 heteroatoms. The molecule has 3 aromatic rings. The largest absolute Gasteiger partial charge is 0.297 e. The summed E-state index contributed by atoms with van der Waals surface area (Å²) in [6, 6.07) is 29.6. The highest BCUT2D eigenvalue weighted by Crippen LogP contribution is 2.29. The molecule has 0 amide bonds. The first-order chi connectivity index (χ1) is 11.8. The zero-order chi connectivity index (χ0) is 16.8. The summed E-state index contributed by atoms with van der Waals surface area (Å²) < 4.78 is 0. The molecule has 0 aliphatic carbocycles. The molecule has 0 N–H and O–H groups in total. The van der Waals surface area contributed by atoms with Gasteiger partial charge in [-0.05, 0) is 23.1 Å². The van der Waals surface area contributed by atoms with Crippen LogP contribution < -0.4 is 0 Å². The van der Waals surface area contributed by atoms with Crippen LogP contribution in [0.25, 0.3) is 0 Å². The lowest BCUT2D eigenvalue weighted by molar-refractivity contribution is -0.119. The molecule has 0 radical (unpaired) electrons. The van der Waals surface area contributed by atoms with Gasteiger partial charge in [0.05, 0.1) is 11.3 Å². The third-order valence-electron chi connectivity index (χ3n) is 4.12. The average molecular weight is 335 g/mol. The maximum atomic E-state index is 13.1. The van der Waals surface area contributed by atoms with E-state index < -0.39 is 5.38 Å². The summed E-state index contributed by atoms with van der Waals surface area (Å²) in [4.78, 5) is 13.1. The van der Waals surface area contributed by atoms with Gasteiger partial charge in [-0.2, -0.15) is 0 Å². The Balaban J connectivity index is 1.89. The predicted octanol–water partition coefficient (Wildman–Crippen LogP) is 5.24. The highest BCUT2D eigenvalue weighted by atomic mass is 35.5. The second kappa shape index (κ2) is 7.94. The van der Waals surface area contributed by atoms with Crippen molar-refractivity contribution >= 4 is 17.4 Å². The minimum atomic E-state index is -0.558. The first-order valence-corrected chi connectivity index (χ1v) is 8.51. The maximum absolute atomic E-state index is 13.1. The van der Waals surface area contributed by atoms with Crippen molar-refractivity contribution in [1.29, 1.82) is 0 Å². The van der Waals surface area contributed by atoms with Crippen LogP contribution >= 0.6 is 11.6 Å². The minimum absolute atomic E-state index is 0.0397. The number of hydrogen-bond acceptors (Lipinski definition) is 1. The molecule has 0 heterocycles. The van der Waals surface area contributed by atoms with Crippen LogP contribution in [0.2, 0.25) is 0 Å². The number of benzene rings is 3. The quantitative estimate of drug-likeness (QED) is 0.563. The fourth-order valence-corrected chi connectivity index (χ4v) is 3.22. The van der Waals surface area contributed by atoms with Gasteiger partial charge in [-0.25, -0.2) is 0 Å². The Kier molecular flexibility index (Phi) is 5.45. The van der Waals surface area contributed by atoms with Gasteiger partial charge in [-0.3, -0.25) is 4.79 Å². The van der Waals surface area contributed by atoms with Crippen LogP contribution in [-0.2, 0) is 11.2 Å². The van der Waals surface area contributed by atoms with Crippen LogP contribution in [0.5, 0.6) is 0 Å². The molecule has 0 spiro atoms. The van der Waals surface area contributed by atoms with Gasteiger partial charge in [-0.15, -0.1) is 11.6 Å². The SMILES string of the molecule is O=C(C(Cl)Cc1ccccc1)C(c1ccccc1)c1ccccc1. The molecule has 0 bridgehead atoms. The van der Waals surface area contributed by atoms with E-state index in [4.69, 9.17) is 11.6 Å². The smallest absolute Gasteiger partial charge is 0.162 e. The lowest BCUT2D eigenvalue weighted by Crippen LogP contribution is -2.25. The van der Waals surface area contributed by atoms with Crippen molar-refractivity contribution in [2.24, 2.45) is 0 Å². The maximum Gasteiger partial charge on any atom is 0.162 e. The van der Waals surface area contributed by atoms with Crippen LogP contribution in [0, 0.1) is 0 Å². The van der Waals surface area contributed by atoms with Gasteiger partial charge >= 0.3 is 0 Å². The number of halogens is 1. The topological polar surface area (TPSA) is 17.1 Å². The van der Waals surface area contributed by atoms with Crippen molar-refractivity contribution in [3.8, 4) is 0 Å². The number of carbonyl (C=O) groups is 1. The molecular weight excluding hydrogens is 316 g/mol. The summed E-state index contributed by atoms with van der Waals surface area (Å²) >= 11 is 6.51. The lowest BCUT2D eigenvalue weighted by Gasteiger charge is -2.20. The van der Waals surface area contributed by atoms with Gasteiger partial charge in [0.15, 0.2) is 5.78 Å². The molecular formula is C22H19ClO. The molecule has 0 aromatic heterocycles. The third-order valence-corrected chi connectivity index (χ3v) is 4.49. The van der Waals surface area contributed by atoms with E-state index in [1.807, 2.05) is 91.0 Å². The van der Waals surface area contributed by atoms with Crippen molar-refractivity contribution < 1.29 is 4.79 Å². The molecule has 3 rings (SSSR count). The molecule has 1 unspecified atom stereocenters. The van der Waals surface area contributed by atoms with E-state index in [-0.39, 0.29) is 11.7 Å². The predicted molar refractivity (Wildman–Crippen MR) is 99.5 cm³/mol. The Hall–Kier alpha value is -2.38. The van der Waals surface area contributed by atoms with E-state index in [1.165, 1.54) is 0 Å². The van der Waals surface area contributed by atoms with Crippen LogP contribution in [0.1, 0.15) is 22.6 Å². The summed E-state index contributed by atoms with van der Waals surface area (Å²) in [5.74, 6) is -0.295. The molecule has 3 aromatic carbocycles. The van der Waals surface area contributed by atoms with Gasteiger partial charge in [-0.1, -0.05) is 91.0 Å². The first-order valence-electron chi connectivity index (χ1n) is 8.07. The van der Waals surface area contributed by atoms with E-state index in [1.54, 1.807) is 0 Å². The molecule has 1 atom stereocenters. The molecule has 1 nitrogen and oxygen atoms in total. The van der Waals surface area contributed by atoms with Crippen molar-refractivity contribution in [3.05, 3.63) is 108 Å². The van der Waals surface area contributed by atoms with Gasteiger partial charge < -0.3 is 0 Å². The highest BCUT2D eigenvalue weighted by Gasteiger charge is 2.28. The number of Topliss-reactive ketones (excluding diaryl/α,β-unsaturated/α-hetero) is 1. The molecule has 0 fully saturated rings. The van der Waals surface area contributed by atoms with E-state index in [0.717, 1.165) is 16.7 Å². The lowest BCUT2D eigenvalue weighted by atomic mass is 9.85. The van der Waals surface area contributed by atoms with Crippen LogP contribution in [-0.4, -0.2) is 11.2 Å². The number of ketones is 1. The standard InChI is InChI=1S/C22H19ClO/c23-20(16-17-10-4-1-5-11-17)22(24)21(18-12-6-2-7-13-18)19-14-8-3-9-15-19/h1-15,20-21H,16H2. The zero-order valence-electron chi connectivity index (χ0n) is 13.3. The van der Waals surface area contributed by atoms with Crippen molar-refractivity contribution in [2.45, 2.75) is 17.7 Å². The number of hydrogen-bond donors (Lipinski definition) is 0. The average Bonchev–Trinajstić information content (AvgIpc) is 2.64. The minimum Gasteiger partial charge on any atom is -0.297 e. The second-order valence-corrected chi connectivity index (χ2v) is 6.34. The Labute approximate surface area is 147 Å². The third kappa shape index (κ3) is 3.93. The fourth-order valence-electron chi connectivity index (χ4n) is 2.91. The number of carbonyl (C=O) groups excluding carboxylic acids is 1. The van der Waals surface area contributed by atoms with E-state index in [2.05, 4.69) is 0 Å². The summed E-state index contributed by atoms with van der Waals surface area (Å²) in [6.45, 7) is 0. The Morgan fingerprint density at radius 2 is 1.12 bits per heavy atom.